The molecule has 2 saturated heterocycles. The molecule has 2 aromatic heterocycles. The molecule has 2 aromatic rings. The number of aromatic nitrogens is 4. The van der Waals surface area contributed by atoms with Crippen LogP contribution in [0.3, 0.4) is 0 Å². The number of nitrogens with zero attached hydrogens (tertiary/aromatic N) is 6. The highest BCUT2D eigenvalue weighted by molar-refractivity contribution is 5.64. The van der Waals surface area contributed by atoms with Crippen molar-refractivity contribution in [3.8, 4) is 11.4 Å². The topological polar surface area (TPSA) is 103 Å². The van der Waals surface area contributed by atoms with Gasteiger partial charge in [-0.05, 0) is 32.3 Å². The van der Waals surface area contributed by atoms with E-state index in [1.807, 2.05) is 4.90 Å². The Hall–Kier alpha value is -2.66. The van der Waals surface area contributed by atoms with Gasteiger partial charge in [-0.1, -0.05) is 0 Å². The van der Waals surface area contributed by atoms with Crippen molar-refractivity contribution in [2.45, 2.75) is 44.7 Å². The van der Waals surface area contributed by atoms with E-state index in [0.717, 1.165) is 19.3 Å². The van der Waals surface area contributed by atoms with E-state index in [-0.39, 0.29) is 34.9 Å². The van der Waals surface area contributed by atoms with Crippen molar-refractivity contribution < 1.29 is 18.3 Å². The predicted octanol–water partition coefficient (Wildman–Crippen LogP) is 2.68. The normalized spacial score (nSPS) is 21.9. The van der Waals surface area contributed by atoms with Crippen LogP contribution in [0.4, 0.5) is 26.5 Å². The lowest BCUT2D eigenvalue weighted by Gasteiger charge is -2.40. The quantitative estimate of drug-likeness (QED) is 0.713. The highest BCUT2D eigenvalue weighted by atomic mass is 19.3. The van der Waals surface area contributed by atoms with Crippen molar-refractivity contribution in [3.05, 3.63) is 17.8 Å². The molecule has 9 nitrogen and oxygen atoms in total. The first-order valence-corrected chi connectivity index (χ1v) is 10.9. The molecule has 2 aliphatic heterocycles. The molecular formula is C21H29F2N7O2. The van der Waals surface area contributed by atoms with Gasteiger partial charge in [-0.3, -0.25) is 0 Å². The van der Waals surface area contributed by atoms with Gasteiger partial charge in [0.15, 0.2) is 5.82 Å². The van der Waals surface area contributed by atoms with Crippen molar-refractivity contribution in [2.75, 3.05) is 55.6 Å². The molecule has 4 rings (SSSR count). The fraction of sp³-hybridized carbons (Fsp3) is 0.619. The van der Waals surface area contributed by atoms with Crippen LogP contribution in [0.15, 0.2) is 12.3 Å². The zero-order valence-corrected chi connectivity index (χ0v) is 18.4. The lowest BCUT2D eigenvalue weighted by molar-refractivity contribution is 0.122. The number of alkyl halides is 2. The number of anilines is 3. The van der Waals surface area contributed by atoms with Crippen LogP contribution < -0.4 is 15.5 Å². The van der Waals surface area contributed by atoms with E-state index < -0.39 is 6.43 Å². The number of rotatable bonds is 6. The zero-order chi connectivity index (χ0) is 22.7. The Balaban J connectivity index is 1.84. The van der Waals surface area contributed by atoms with E-state index in [1.54, 1.807) is 7.11 Å². The summed E-state index contributed by atoms with van der Waals surface area (Å²) < 4.78 is 38.5. The summed E-state index contributed by atoms with van der Waals surface area (Å²) in [6.45, 7) is 4.98. The highest BCUT2D eigenvalue weighted by Crippen LogP contribution is 2.33. The van der Waals surface area contributed by atoms with Gasteiger partial charge in [0.05, 0.1) is 25.9 Å². The molecule has 0 bridgehead atoms. The summed E-state index contributed by atoms with van der Waals surface area (Å²) in [6.07, 6.45) is 1.58. The molecule has 0 saturated carbocycles. The average Bonchev–Trinajstić information content (AvgIpc) is 2.79. The standard InChI is InChI=1S/C21H29F2N7O2/c1-13-4-3-5-14(12-31-2)30(13)21-27-19(16-11-25-17(24)10-15(16)18(22)23)26-20(28-21)29-6-8-32-9-7-29/h10-11,13-14,18H,3-9,12H2,1-2H3,(H2,24,25). The van der Waals surface area contributed by atoms with Gasteiger partial charge < -0.3 is 25.0 Å². The van der Waals surface area contributed by atoms with Crippen LogP contribution in [0.5, 0.6) is 0 Å². The number of halogens is 2. The Labute approximate surface area is 186 Å². The van der Waals surface area contributed by atoms with Crippen LogP contribution in [0.2, 0.25) is 0 Å². The molecule has 11 heteroatoms. The SMILES string of the molecule is COCC1CCCC(C)N1c1nc(-c2cnc(N)cc2C(F)F)nc(N2CCOCC2)n1. The lowest BCUT2D eigenvalue weighted by atomic mass is 9.97. The first-order chi connectivity index (χ1) is 15.5. The number of piperidine rings is 1. The van der Waals surface area contributed by atoms with E-state index in [1.165, 1.54) is 12.3 Å². The van der Waals surface area contributed by atoms with Crippen LogP contribution in [-0.4, -0.2) is 72.0 Å². The van der Waals surface area contributed by atoms with Crippen LogP contribution >= 0.6 is 0 Å². The second-order valence-corrected chi connectivity index (χ2v) is 8.15. The molecule has 2 atom stereocenters. The summed E-state index contributed by atoms with van der Waals surface area (Å²) in [5, 5.41) is 0. The van der Waals surface area contributed by atoms with Crippen molar-refractivity contribution in [3.63, 3.8) is 0 Å². The number of hydrogen-bond acceptors (Lipinski definition) is 9. The molecule has 0 spiro atoms. The summed E-state index contributed by atoms with van der Waals surface area (Å²) in [5.74, 6) is 1.09. The number of pyridine rings is 1. The number of nitrogen functional groups attached to an aromatic ring is 1. The minimum Gasteiger partial charge on any atom is -0.384 e. The lowest BCUT2D eigenvalue weighted by Crippen LogP contribution is -2.49. The number of morpholine rings is 1. The van der Waals surface area contributed by atoms with Gasteiger partial charge in [0.1, 0.15) is 5.82 Å². The summed E-state index contributed by atoms with van der Waals surface area (Å²) in [7, 11) is 1.67. The van der Waals surface area contributed by atoms with Gasteiger partial charge in [0.25, 0.3) is 6.43 Å². The van der Waals surface area contributed by atoms with E-state index >= 15 is 0 Å². The number of ether oxygens (including phenoxy) is 2. The third kappa shape index (κ3) is 4.73. The van der Waals surface area contributed by atoms with Crippen molar-refractivity contribution in [1.29, 1.82) is 0 Å². The number of hydrogen-bond donors (Lipinski definition) is 1. The summed E-state index contributed by atoms with van der Waals surface area (Å²) in [4.78, 5) is 22.1. The Bertz CT molecular complexity index is 925. The maximum Gasteiger partial charge on any atom is 0.264 e. The molecule has 32 heavy (non-hydrogen) atoms. The molecule has 0 radical (unpaired) electrons. The third-order valence-electron chi connectivity index (χ3n) is 5.96. The summed E-state index contributed by atoms with van der Waals surface area (Å²) in [5.41, 5.74) is 5.57. The van der Waals surface area contributed by atoms with Crippen molar-refractivity contribution in [1.82, 2.24) is 19.9 Å². The Morgan fingerprint density at radius 1 is 1.19 bits per heavy atom. The van der Waals surface area contributed by atoms with Gasteiger partial charge in [0, 0.05) is 43.6 Å². The maximum atomic E-state index is 13.8. The van der Waals surface area contributed by atoms with Gasteiger partial charge in [-0.2, -0.15) is 15.0 Å². The van der Waals surface area contributed by atoms with Crippen molar-refractivity contribution in [2.24, 2.45) is 0 Å². The summed E-state index contributed by atoms with van der Waals surface area (Å²) in [6, 6.07) is 1.45. The zero-order valence-electron chi connectivity index (χ0n) is 18.4. The molecule has 2 aliphatic rings. The van der Waals surface area contributed by atoms with Crippen LogP contribution in [0.1, 0.15) is 38.2 Å². The van der Waals surface area contributed by atoms with Crippen LogP contribution in [-0.2, 0) is 9.47 Å². The second kappa shape index (κ2) is 9.86. The Morgan fingerprint density at radius 2 is 1.94 bits per heavy atom. The molecule has 0 aromatic carbocycles. The van der Waals surface area contributed by atoms with Crippen LogP contribution in [0, 0.1) is 0 Å². The van der Waals surface area contributed by atoms with E-state index in [9.17, 15) is 8.78 Å². The predicted molar refractivity (Wildman–Crippen MR) is 117 cm³/mol. The van der Waals surface area contributed by atoms with Gasteiger partial charge in [-0.15, -0.1) is 0 Å². The summed E-state index contributed by atoms with van der Waals surface area (Å²) >= 11 is 0. The van der Waals surface area contributed by atoms with E-state index in [2.05, 4.69) is 26.8 Å². The molecule has 0 amide bonds. The van der Waals surface area contributed by atoms with Gasteiger partial charge in [-0.25, -0.2) is 13.8 Å². The van der Waals surface area contributed by atoms with E-state index in [4.69, 9.17) is 20.2 Å². The molecule has 4 heterocycles. The highest BCUT2D eigenvalue weighted by Gasteiger charge is 2.32. The van der Waals surface area contributed by atoms with Gasteiger partial charge >= 0.3 is 0 Å². The first kappa shape index (κ1) is 22.5. The molecule has 2 unspecified atom stereocenters. The number of methoxy groups -OCH3 is 1. The second-order valence-electron chi connectivity index (χ2n) is 8.15. The minimum absolute atomic E-state index is 0.0246. The molecule has 174 valence electrons. The maximum absolute atomic E-state index is 13.8. The van der Waals surface area contributed by atoms with Crippen molar-refractivity contribution >= 4 is 17.7 Å². The first-order valence-electron chi connectivity index (χ1n) is 10.9. The molecule has 0 aliphatic carbocycles. The van der Waals surface area contributed by atoms with Crippen LogP contribution in [0.25, 0.3) is 11.4 Å². The Kier molecular flexibility index (Phi) is 6.95. The van der Waals surface area contributed by atoms with Gasteiger partial charge in [0.2, 0.25) is 11.9 Å². The fourth-order valence-electron chi connectivity index (χ4n) is 4.35. The Morgan fingerprint density at radius 3 is 2.66 bits per heavy atom. The van der Waals surface area contributed by atoms with E-state index in [0.29, 0.717) is 44.8 Å². The number of nitrogens with two attached hydrogens (primary N) is 1. The molecule has 2 fully saturated rings. The fourth-order valence-corrected chi connectivity index (χ4v) is 4.35. The smallest absolute Gasteiger partial charge is 0.264 e. The third-order valence-corrected chi connectivity index (χ3v) is 5.96. The molecular weight excluding hydrogens is 420 g/mol. The monoisotopic (exact) mass is 449 g/mol. The average molecular weight is 450 g/mol. The molecule has 2 N–H and O–H groups in total. The minimum atomic E-state index is -2.74. The largest absolute Gasteiger partial charge is 0.384 e.